The van der Waals surface area contributed by atoms with Gasteiger partial charge in [-0.3, -0.25) is 4.90 Å². The van der Waals surface area contributed by atoms with E-state index in [2.05, 4.69) is 31.0 Å². The quantitative estimate of drug-likeness (QED) is 0.790. The van der Waals surface area contributed by atoms with Crippen LogP contribution in [0.4, 0.5) is 0 Å². The molecule has 94 valence electrons. The summed E-state index contributed by atoms with van der Waals surface area (Å²) in [6.45, 7) is 10.5. The molecule has 0 radical (unpaired) electrons. The van der Waals surface area contributed by atoms with Crippen molar-refractivity contribution < 1.29 is 0 Å². The molecule has 2 aliphatic rings. The fourth-order valence-corrected chi connectivity index (χ4v) is 3.80. The van der Waals surface area contributed by atoms with Crippen molar-refractivity contribution in [1.29, 1.82) is 0 Å². The fourth-order valence-electron chi connectivity index (χ4n) is 3.80. The first-order chi connectivity index (χ1) is 7.62. The smallest absolute Gasteiger partial charge is 0.0252 e. The Morgan fingerprint density at radius 3 is 2.69 bits per heavy atom. The van der Waals surface area contributed by atoms with Gasteiger partial charge in [-0.05, 0) is 58.5 Å². The van der Waals surface area contributed by atoms with Gasteiger partial charge < -0.3 is 5.32 Å². The molecule has 1 saturated carbocycles. The number of likely N-dealkylation sites (tertiary alicyclic amines) is 1. The number of nitrogens with zero attached hydrogens (tertiary/aromatic N) is 1. The number of fused-ring (bicyclic) bond motifs is 1. The number of piperidine rings is 1. The van der Waals surface area contributed by atoms with Crippen molar-refractivity contribution in [2.24, 2.45) is 5.92 Å². The Bertz CT molecular complexity index is 225. The van der Waals surface area contributed by atoms with Gasteiger partial charge >= 0.3 is 0 Å². The van der Waals surface area contributed by atoms with E-state index in [4.69, 9.17) is 0 Å². The molecular weight excluding hydrogens is 196 g/mol. The molecule has 2 heteroatoms. The summed E-state index contributed by atoms with van der Waals surface area (Å²) in [5, 5.41) is 3.61. The second kappa shape index (κ2) is 5.05. The van der Waals surface area contributed by atoms with E-state index >= 15 is 0 Å². The first-order valence-corrected chi connectivity index (χ1v) is 7.11. The van der Waals surface area contributed by atoms with Crippen molar-refractivity contribution in [3.63, 3.8) is 0 Å². The molecule has 0 bridgehead atoms. The third-order valence-electron chi connectivity index (χ3n) is 4.36. The van der Waals surface area contributed by atoms with Crippen molar-refractivity contribution in [2.45, 2.75) is 64.5 Å². The molecule has 16 heavy (non-hydrogen) atoms. The highest BCUT2D eigenvalue weighted by molar-refractivity contribution is 4.92. The number of likely N-dealkylation sites (N-methyl/N-ethyl adjacent to an activating group) is 1. The maximum absolute atomic E-state index is 3.61. The van der Waals surface area contributed by atoms with E-state index in [-0.39, 0.29) is 5.54 Å². The van der Waals surface area contributed by atoms with E-state index in [0.29, 0.717) is 0 Å². The number of hydrogen-bond acceptors (Lipinski definition) is 2. The lowest BCUT2D eigenvalue weighted by molar-refractivity contribution is 0.0848. The Morgan fingerprint density at radius 1 is 1.19 bits per heavy atom. The summed E-state index contributed by atoms with van der Waals surface area (Å²) in [5.41, 5.74) is 0.277. The molecule has 0 amide bonds. The lowest BCUT2D eigenvalue weighted by Gasteiger charge is -2.42. The fraction of sp³-hybridized carbons (Fsp3) is 1.00. The summed E-state index contributed by atoms with van der Waals surface area (Å²) in [4.78, 5) is 2.77. The van der Waals surface area contributed by atoms with Gasteiger partial charge in [0.1, 0.15) is 0 Å². The third-order valence-corrected chi connectivity index (χ3v) is 4.36. The van der Waals surface area contributed by atoms with E-state index in [1.807, 2.05) is 0 Å². The van der Waals surface area contributed by atoms with Crippen LogP contribution >= 0.6 is 0 Å². The molecule has 2 fully saturated rings. The zero-order valence-corrected chi connectivity index (χ0v) is 11.3. The second-order valence-corrected chi connectivity index (χ2v) is 6.29. The molecule has 0 aromatic heterocycles. The van der Waals surface area contributed by atoms with Crippen LogP contribution in [0.1, 0.15) is 52.9 Å². The first-order valence-electron chi connectivity index (χ1n) is 7.11. The maximum Gasteiger partial charge on any atom is 0.0252 e. The normalized spacial score (nSPS) is 31.7. The third kappa shape index (κ3) is 2.78. The van der Waals surface area contributed by atoms with E-state index in [0.717, 1.165) is 18.5 Å². The monoisotopic (exact) mass is 224 g/mol. The van der Waals surface area contributed by atoms with Gasteiger partial charge in [-0.1, -0.05) is 13.3 Å². The summed E-state index contributed by atoms with van der Waals surface area (Å²) >= 11 is 0. The SMILES string of the molecule is CCNC(C)(C)CN1CCCC2CCCC21. The predicted octanol–water partition coefficient (Wildman–Crippen LogP) is 2.64. The van der Waals surface area contributed by atoms with E-state index in [1.165, 1.54) is 45.2 Å². The molecule has 0 aromatic carbocycles. The Labute approximate surface area is 101 Å². The van der Waals surface area contributed by atoms with E-state index in [9.17, 15) is 0 Å². The maximum atomic E-state index is 3.61. The molecule has 1 saturated heterocycles. The van der Waals surface area contributed by atoms with E-state index < -0.39 is 0 Å². The summed E-state index contributed by atoms with van der Waals surface area (Å²) in [6, 6.07) is 0.909. The molecule has 2 nitrogen and oxygen atoms in total. The van der Waals surface area contributed by atoms with Gasteiger partial charge in [0.15, 0.2) is 0 Å². The average molecular weight is 224 g/mol. The van der Waals surface area contributed by atoms with Crippen LogP contribution in [0.25, 0.3) is 0 Å². The minimum Gasteiger partial charge on any atom is -0.311 e. The minimum atomic E-state index is 0.277. The summed E-state index contributed by atoms with van der Waals surface area (Å²) in [5.74, 6) is 1.02. The highest BCUT2D eigenvalue weighted by Gasteiger charge is 2.36. The molecule has 1 heterocycles. The van der Waals surface area contributed by atoms with E-state index in [1.54, 1.807) is 0 Å². The predicted molar refractivity (Wildman–Crippen MR) is 69.7 cm³/mol. The van der Waals surface area contributed by atoms with Crippen LogP contribution in [-0.4, -0.2) is 36.1 Å². The van der Waals surface area contributed by atoms with Gasteiger partial charge in [0.05, 0.1) is 0 Å². The van der Waals surface area contributed by atoms with Gasteiger partial charge in [-0.15, -0.1) is 0 Å². The highest BCUT2D eigenvalue weighted by Crippen LogP contribution is 2.37. The molecule has 0 aromatic rings. The van der Waals surface area contributed by atoms with Crippen LogP contribution in [0.15, 0.2) is 0 Å². The van der Waals surface area contributed by atoms with Gasteiger partial charge in [-0.25, -0.2) is 0 Å². The largest absolute Gasteiger partial charge is 0.311 e. The zero-order chi connectivity index (χ0) is 11.6. The number of nitrogens with one attached hydrogen (secondary N) is 1. The van der Waals surface area contributed by atoms with Crippen LogP contribution < -0.4 is 5.32 Å². The van der Waals surface area contributed by atoms with Crippen LogP contribution in [0, 0.1) is 5.92 Å². The van der Waals surface area contributed by atoms with Crippen molar-refractivity contribution in [2.75, 3.05) is 19.6 Å². The minimum absolute atomic E-state index is 0.277. The molecule has 2 unspecified atom stereocenters. The van der Waals surface area contributed by atoms with Crippen LogP contribution in [0.2, 0.25) is 0 Å². The highest BCUT2D eigenvalue weighted by atomic mass is 15.2. The Balaban J connectivity index is 1.92. The van der Waals surface area contributed by atoms with Crippen LogP contribution in [0.5, 0.6) is 0 Å². The Morgan fingerprint density at radius 2 is 1.94 bits per heavy atom. The van der Waals surface area contributed by atoms with Gasteiger partial charge in [0, 0.05) is 18.1 Å². The summed E-state index contributed by atoms with van der Waals surface area (Å²) in [6.07, 6.45) is 7.31. The Hall–Kier alpha value is -0.0800. The van der Waals surface area contributed by atoms with Crippen LogP contribution in [0.3, 0.4) is 0 Å². The summed E-state index contributed by atoms with van der Waals surface area (Å²) in [7, 11) is 0. The molecular formula is C14H28N2. The average Bonchev–Trinajstić information content (AvgIpc) is 2.65. The van der Waals surface area contributed by atoms with Crippen molar-refractivity contribution in [1.82, 2.24) is 10.2 Å². The van der Waals surface area contributed by atoms with Crippen molar-refractivity contribution >= 4 is 0 Å². The molecule has 1 N–H and O–H groups in total. The van der Waals surface area contributed by atoms with Crippen molar-refractivity contribution in [3.8, 4) is 0 Å². The standard InChI is InChI=1S/C14H28N2/c1-4-15-14(2,3)11-16-10-6-8-12-7-5-9-13(12)16/h12-13,15H,4-11H2,1-3H3. The Kier molecular flexibility index (Phi) is 3.91. The van der Waals surface area contributed by atoms with Gasteiger partial charge in [-0.2, -0.15) is 0 Å². The van der Waals surface area contributed by atoms with Crippen molar-refractivity contribution in [3.05, 3.63) is 0 Å². The molecule has 1 aliphatic heterocycles. The lowest BCUT2D eigenvalue weighted by atomic mass is 9.90. The lowest BCUT2D eigenvalue weighted by Crippen LogP contribution is -2.54. The molecule has 1 aliphatic carbocycles. The second-order valence-electron chi connectivity index (χ2n) is 6.29. The number of hydrogen-bond donors (Lipinski definition) is 1. The molecule has 2 rings (SSSR count). The first kappa shape index (κ1) is 12.4. The van der Waals surface area contributed by atoms with Crippen LogP contribution in [-0.2, 0) is 0 Å². The van der Waals surface area contributed by atoms with Gasteiger partial charge in [0.25, 0.3) is 0 Å². The molecule has 2 atom stereocenters. The summed E-state index contributed by atoms with van der Waals surface area (Å²) < 4.78 is 0. The molecule has 0 spiro atoms. The van der Waals surface area contributed by atoms with Gasteiger partial charge in [0.2, 0.25) is 0 Å². The topological polar surface area (TPSA) is 15.3 Å². The zero-order valence-electron chi connectivity index (χ0n) is 11.3. The number of rotatable bonds is 4.